The van der Waals surface area contributed by atoms with E-state index in [9.17, 15) is 4.79 Å². The van der Waals surface area contributed by atoms with Crippen LogP contribution in [0.2, 0.25) is 0 Å². The van der Waals surface area contributed by atoms with Crippen molar-refractivity contribution in [1.29, 1.82) is 0 Å². The van der Waals surface area contributed by atoms with Crippen molar-refractivity contribution < 1.29 is 9.53 Å². The molecule has 0 unspecified atom stereocenters. The molecule has 146 valence electrons. The van der Waals surface area contributed by atoms with Gasteiger partial charge in [0.15, 0.2) is 5.82 Å². The molecule has 0 bridgehead atoms. The van der Waals surface area contributed by atoms with Crippen LogP contribution in [0.5, 0.6) is 5.75 Å². The number of aromatic amines is 1. The van der Waals surface area contributed by atoms with Crippen LogP contribution in [0.1, 0.15) is 28.1 Å². The maximum Gasteiger partial charge on any atom is 0.261 e. The lowest BCUT2D eigenvalue weighted by molar-refractivity contribution is 0.0936. The van der Waals surface area contributed by atoms with Gasteiger partial charge in [0.05, 0.1) is 17.7 Å². The summed E-state index contributed by atoms with van der Waals surface area (Å²) in [5.74, 6) is 1.77. The molecule has 0 aliphatic carbocycles. The standard InChI is InChI=1S/C21H24N4O2S/c1-14-9-11-28-20(14)21(26)22-16-4-3-10-25(13-16)19-12-18(23-24-19)15-5-7-17(27-2)8-6-15/h5-9,11-12,16H,3-4,10,13H2,1-2H3,(H,22,26)(H,23,24)/t16-/m0/s1. The van der Waals surface area contributed by atoms with Crippen molar-refractivity contribution in [2.24, 2.45) is 0 Å². The summed E-state index contributed by atoms with van der Waals surface area (Å²) in [5, 5.41) is 12.8. The quantitative estimate of drug-likeness (QED) is 0.687. The van der Waals surface area contributed by atoms with Crippen molar-refractivity contribution in [2.45, 2.75) is 25.8 Å². The number of nitrogens with one attached hydrogen (secondary N) is 2. The molecule has 3 heterocycles. The number of methoxy groups -OCH3 is 1. The Morgan fingerprint density at radius 2 is 2.14 bits per heavy atom. The monoisotopic (exact) mass is 396 g/mol. The third-order valence-corrected chi connectivity index (χ3v) is 6.13. The van der Waals surface area contributed by atoms with Gasteiger partial charge in [0.1, 0.15) is 5.75 Å². The van der Waals surface area contributed by atoms with E-state index in [-0.39, 0.29) is 11.9 Å². The molecule has 28 heavy (non-hydrogen) atoms. The van der Waals surface area contributed by atoms with Gasteiger partial charge in [0.25, 0.3) is 5.91 Å². The van der Waals surface area contributed by atoms with Gasteiger partial charge in [-0.05, 0) is 66.6 Å². The zero-order chi connectivity index (χ0) is 19.5. The molecule has 1 amide bonds. The molecule has 1 fully saturated rings. The van der Waals surface area contributed by atoms with Gasteiger partial charge in [-0.25, -0.2) is 0 Å². The number of carbonyl (C=O) groups is 1. The average Bonchev–Trinajstić information content (AvgIpc) is 3.37. The zero-order valence-corrected chi connectivity index (χ0v) is 16.9. The third kappa shape index (κ3) is 3.89. The minimum absolute atomic E-state index is 0.0281. The maximum absolute atomic E-state index is 12.5. The van der Waals surface area contributed by atoms with Crippen LogP contribution in [0.25, 0.3) is 11.3 Å². The molecule has 2 N–H and O–H groups in total. The first-order valence-electron chi connectivity index (χ1n) is 9.44. The topological polar surface area (TPSA) is 70.2 Å². The van der Waals surface area contributed by atoms with Gasteiger partial charge in [-0.1, -0.05) is 0 Å². The van der Waals surface area contributed by atoms with Gasteiger partial charge in [-0.2, -0.15) is 5.10 Å². The summed E-state index contributed by atoms with van der Waals surface area (Å²) in [5.41, 5.74) is 3.07. The number of aromatic nitrogens is 2. The Labute approximate surface area is 168 Å². The van der Waals surface area contributed by atoms with Crippen molar-refractivity contribution in [3.05, 3.63) is 52.2 Å². The Bertz CT molecular complexity index is 947. The number of anilines is 1. The molecule has 4 rings (SSSR count). The predicted molar refractivity (Wildman–Crippen MR) is 112 cm³/mol. The first-order valence-corrected chi connectivity index (χ1v) is 10.3. The molecular weight excluding hydrogens is 372 g/mol. The molecule has 2 aromatic heterocycles. The van der Waals surface area contributed by atoms with Gasteiger partial charge in [-0.3, -0.25) is 9.89 Å². The largest absolute Gasteiger partial charge is 0.497 e. The average molecular weight is 397 g/mol. The first-order chi connectivity index (χ1) is 13.6. The second-order valence-corrected chi connectivity index (χ2v) is 7.98. The number of carbonyl (C=O) groups excluding carboxylic acids is 1. The highest BCUT2D eigenvalue weighted by atomic mass is 32.1. The number of piperidine rings is 1. The van der Waals surface area contributed by atoms with E-state index in [2.05, 4.69) is 26.5 Å². The van der Waals surface area contributed by atoms with E-state index in [4.69, 9.17) is 4.74 Å². The summed E-state index contributed by atoms with van der Waals surface area (Å²) in [6, 6.07) is 12.1. The van der Waals surface area contributed by atoms with E-state index >= 15 is 0 Å². The van der Waals surface area contributed by atoms with Crippen molar-refractivity contribution >= 4 is 23.1 Å². The maximum atomic E-state index is 12.5. The second kappa shape index (κ2) is 8.06. The van der Waals surface area contributed by atoms with E-state index in [1.807, 2.05) is 42.6 Å². The Morgan fingerprint density at radius 3 is 2.86 bits per heavy atom. The Kier molecular flexibility index (Phi) is 5.34. The van der Waals surface area contributed by atoms with Crippen LogP contribution in [0.4, 0.5) is 5.82 Å². The number of thiophene rings is 1. The van der Waals surface area contributed by atoms with Gasteiger partial charge < -0.3 is 15.0 Å². The number of H-pyrrole nitrogens is 1. The molecule has 1 aliphatic heterocycles. The number of aryl methyl sites for hydroxylation is 1. The number of ether oxygens (including phenoxy) is 1. The Morgan fingerprint density at radius 1 is 1.32 bits per heavy atom. The fourth-order valence-electron chi connectivity index (χ4n) is 3.55. The smallest absolute Gasteiger partial charge is 0.261 e. The summed E-state index contributed by atoms with van der Waals surface area (Å²) in [4.78, 5) is 15.6. The number of hydrogen-bond donors (Lipinski definition) is 2. The highest BCUT2D eigenvalue weighted by Gasteiger charge is 2.24. The number of hydrogen-bond acceptors (Lipinski definition) is 5. The Balaban J connectivity index is 1.42. The van der Waals surface area contributed by atoms with E-state index in [0.29, 0.717) is 0 Å². The minimum Gasteiger partial charge on any atom is -0.497 e. The second-order valence-electron chi connectivity index (χ2n) is 7.06. The van der Waals surface area contributed by atoms with Crippen molar-refractivity contribution in [2.75, 3.05) is 25.1 Å². The highest BCUT2D eigenvalue weighted by Crippen LogP contribution is 2.26. The molecule has 1 aliphatic rings. The lowest BCUT2D eigenvalue weighted by Crippen LogP contribution is -2.47. The number of rotatable bonds is 5. The molecule has 1 aromatic carbocycles. The fourth-order valence-corrected chi connectivity index (χ4v) is 4.38. The van der Waals surface area contributed by atoms with Gasteiger partial charge >= 0.3 is 0 Å². The Hall–Kier alpha value is -2.80. The van der Waals surface area contributed by atoms with Gasteiger partial charge in [0, 0.05) is 25.2 Å². The van der Waals surface area contributed by atoms with Crippen LogP contribution in [0.15, 0.2) is 41.8 Å². The summed E-state index contributed by atoms with van der Waals surface area (Å²) < 4.78 is 5.22. The molecule has 0 radical (unpaired) electrons. The minimum atomic E-state index is 0.0281. The molecular formula is C21H24N4O2S. The lowest BCUT2D eigenvalue weighted by atomic mass is 10.1. The van der Waals surface area contributed by atoms with Crippen molar-refractivity contribution in [1.82, 2.24) is 15.5 Å². The molecule has 1 saturated heterocycles. The van der Waals surface area contributed by atoms with E-state index in [1.165, 1.54) is 11.3 Å². The summed E-state index contributed by atoms with van der Waals surface area (Å²) in [6.45, 7) is 3.68. The molecule has 6 nitrogen and oxygen atoms in total. The molecule has 0 saturated carbocycles. The van der Waals surface area contributed by atoms with Crippen LogP contribution < -0.4 is 15.0 Å². The van der Waals surface area contributed by atoms with Crippen LogP contribution in [0.3, 0.4) is 0 Å². The van der Waals surface area contributed by atoms with Crippen molar-refractivity contribution in [3.63, 3.8) is 0 Å². The lowest BCUT2D eigenvalue weighted by Gasteiger charge is -2.33. The first kappa shape index (κ1) is 18.6. The normalized spacial score (nSPS) is 16.8. The van der Waals surface area contributed by atoms with Gasteiger partial charge in [-0.15, -0.1) is 11.3 Å². The number of amides is 1. The van der Waals surface area contributed by atoms with Crippen LogP contribution in [-0.4, -0.2) is 42.3 Å². The van der Waals surface area contributed by atoms with Crippen LogP contribution >= 0.6 is 11.3 Å². The summed E-state index contributed by atoms with van der Waals surface area (Å²) in [7, 11) is 1.66. The molecule has 3 aromatic rings. The molecule has 0 spiro atoms. The van der Waals surface area contributed by atoms with E-state index in [0.717, 1.165) is 59.2 Å². The van der Waals surface area contributed by atoms with Gasteiger partial charge in [0.2, 0.25) is 0 Å². The number of benzene rings is 1. The summed E-state index contributed by atoms with van der Waals surface area (Å²) in [6.07, 6.45) is 2.02. The van der Waals surface area contributed by atoms with Crippen molar-refractivity contribution in [3.8, 4) is 17.0 Å². The van der Waals surface area contributed by atoms with Crippen LogP contribution in [0, 0.1) is 6.92 Å². The number of nitrogens with zero attached hydrogens (tertiary/aromatic N) is 2. The van der Waals surface area contributed by atoms with Crippen LogP contribution in [-0.2, 0) is 0 Å². The SMILES string of the molecule is COc1ccc(-c2cc(N3CCC[C@H](NC(=O)c4sccc4C)C3)n[nH]2)cc1. The molecule has 1 atom stereocenters. The summed E-state index contributed by atoms with van der Waals surface area (Å²) >= 11 is 1.50. The molecule has 7 heteroatoms. The highest BCUT2D eigenvalue weighted by molar-refractivity contribution is 7.12. The van der Waals surface area contributed by atoms with E-state index in [1.54, 1.807) is 7.11 Å². The predicted octanol–water partition coefficient (Wildman–Crippen LogP) is 3.85. The zero-order valence-electron chi connectivity index (χ0n) is 16.1. The van der Waals surface area contributed by atoms with E-state index < -0.39 is 0 Å². The third-order valence-electron chi connectivity index (χ3n) is 5.11. The fraction of sp³-hybridized carbons (Fsp3) is 0.333.